The lowest BCUT2D eigenvalue weighted by Gasteiger charge is -2.24. The minimum Gasteiger partial charge on any atom is -0.102 e. The van der Waals surface area contributed by atoms with E-state index in [1.54, 1.807) is 0 Å². The zero-order valence-electron chi connectivity index (χ0n) is 5.94. The van der Waals surface area contributed by atoms with Crippen LogP contribution < -0.4 is 0 Å². The molecule has 0 saturated heterocycles. The normalized spacial score (nSPS) is 68.5. The summed E-state index contributed by atoms with van der Waals surface area (Å²) >= 11 is 3.85. The van der Waals surface area contributed by atoms with Crippen molar-refractivity contribution in [2.75, 3.05) is 0 Å². The van der Waals surface area contributed by atoms with E-state index in [9.17, 15) is 0 Å². The molecular weight excluding hydrogens is 188 g/mol. The molecule has 0 aromatic heterocycles. The van der Waals surface area contributed by atoms with Crippen LogP contribution in [0.4, 0.5) is 0 Å². The lowest BCUT2D eigenvalue weighted by molar-refractivity contribution is 0.313. The van der Waals surface area contributed by atoms with E-state index >= 15 is 0 Å². The van der Waals surface area contributed by atoms with Crippen molar-refractivity contribution >= 4 is 15.9 Å². The second-order valence-corrected chi connectivity index (χ2v) is 5.25. The predicted octanol–water partition coefficient (Wildman–Crippen LogP) is 2.74. The van der Waals surface area contributed by atoms with E-state index in [0.29, 0.717) is 9.74 Å². The van der Waals surface area contributed by atoms with Gasteiger partial charge < -0.3 is 0 Å². The third-order valence-corrected chi connectivity index (χ3v) is 5.78. The first kappa shape index (κ1) is 5.82. The number of alkyl halides is 1. The van der Waals surface area contributed by atoms with Crippen LogP contribution in [0.15, 0.2) is 12.7 Å². The minimum absolute atomic E-state index is 0.569. The fourth-order valence-electron chi connectivity index (χ4n) is 3.43. The molecule has 0 amide bonds. The molecule has 0 bridgehead atoms. The maximum Gasteiger partial charge on any atom is 0.0428 e. The molecule has 3 aliphatic carbocycles. The zero-order chi connectivity index (χ0) is 6.98. The van der Waals surface area contributed by atoms with Crippen LogP contribution >= 0.6 is 15.9 Å². The van der Waals surface area contributed by atoms with E-state index in [1.807, 2.05) is 0 Å². The molecule has 2 unspecified atom stereocenters. The highest BCUT2D eigenvalue weighted by Gasteiger charge is 2.95. The van der Waals surface area contributed by atoms with Crippen molar-refractivity contribution in [3.05, 3.63) is 12.7 Å². The molecule has 3 rings (SSSR count). The highest BCUT2D eigenvalue weighted by Crippen LogP contribution is 2.95. The Morgan fingerprint density at radius 2 is 2.00 bits per heavy atom. The molecule has 1 heteroatoms. The Hall–Kier alpha value is 0.220. The zero-order valence-corrected chi connectivity index (χ0v) is 7.52. The van der Waals surface area contributed by atoms with Crippen LogP contribution in [0.3, 0.4) is 0 Å². The van der Waals surface area contributed by atoms with Gasteiger partial charge in [0.25, 0.3) is 0 Å². The number of hydrogen-bond acceptors (Lipinski definition) is 0. The number of allylic oxidation sites excluding steroid dienone is 1. The lowest BCUT2D eigenvalue weighted by atomic mass is 9.83. The summed E-state index contributed by atoms with van der Waals surface area (Å²) in [6.07, 6.45) is 6.54. The van der Waals surface area contributed by atoms with E-state index in [4.69, 9.17) is 0 Å². The molecule has 10 heavy (non-hydrogen) atoms. The van der Waals surface area contributed by atoms with Gasteiger partial charge in [-0.25, -0.2) is 0 Å². The van der Waals surface area contributed by atoms with Gasteiger partial charge in [0, 0.05) is 9.74 Å². The van der Waals surface area contributed by atoms with Gasteiger partial charge in [-0.1, -0.05) is 28.4 Å². The van der Waals surface area contributed by atoms with Crippen molar-refractivity contribution in [1.82, 2.24) is 0 Å². The van der Waals surface area contributed by atoms with Crippen LogP contribution in [0.2, 0.25) is 0 Å². The number of fused-ring (bicyclic) bond motifs is 2. The van der Waals surface area contributed by atoms with Crippen LogP contribution in [0.1, 0.15) is 19.3 Å². The van der Waals surface area contributed by atoms with Crippen LogP contribution in [-0.4, -0.2) is 4.32 Å². The van der Waals surface area contributed by atoms with E-state index < -0.39 is 0 Å². The van der Waals surface area contributed by atoms with Crippen molar-refractivity contribution in [1.29, 1.82) is 0 Å². The van der Waals surface area contributed by atoms with Crippen molar-refractivity contribution in [3.8, 4) is 0 Å². The van der Waals surface area contributed by atoms with Gasteiger partial charge in [0.05, 0.1) is 0 Å². The largest absolute Gasteiger partial charge is 0.102 e. The Balaban J connectivity index is 2.02. The molecule has 0 N–H and O–H groups in total. The van der Waals surface area contributed by atoms with Crippen molar-refractivity contribution in [3.63, 3.8) is 0 Å². The maximum absolute atomic E-state index is 3.93. The smallest absolute Gasteiger partial charge is 0.0428 e. The summed E-state index contributed by atoms with van der Waals surface area (Å²) in [4.78, 5) is 0. The van der Waals surface area contributed by atoms with Crippen LogP contribution in [0, 0.1) is 17.3 Å². The van der Waals surface area contributed by atoms with Gasteiger partial charge in [-0.15, -0.1) is 6.58 Å². The first-order valence-corrected chi connectivity index (χ1v) is 4.90. The van der Waals surface area contributed by atoms with E-state index in [2.05, 4.69) is 28.6 Å². The van der Waals surface area contributed by atoms with Gasteiger partial charge in [0.2, 0.25) is 0 Å². The highest BCUT2D eigenvalue weighted by atomic mass is 79.9. The summed E-state index contributed by atoms with van der Waals surface area (Å²) in [5, 5.41) is 0. The van der Waals surface area contributed by atoms with Crippen molar-refractivity contribution in [2.45, 2.75) is 23.6 Å². The standard InChI is InChI=1S/C9H11Br/c1-2-8-6-4-3-5-7(8)9(6,8)10/h2,6-7H,1,3-5H2/t6-,7+,8?,9?. The van der Waals surface area contributed by atoms with Gasteiger partial charge in [-0.05, 0) is 24.7 Å². The number of hydrogen-bond donors (Lipinski definition) is 0. The lowest BCUT2D eigenvalue weighted by Crippen LogP contribution is -2.18. The minimum atomic E-state index is 0.569. The second kappa shape index (κ2) is 1.26. The molecule has 0 nitrogen and oxygen atoms in total. The molecule has 3 aliphatic rings. The topological polar surface area (TPSA) is 0 Å². The van der Waals surface area contributed by atoms with Gasteiger partial charge in [-0.2, -0.15) is 0 Å². The number of halogens is 1. The molecule has 0 spiro atoms. The molecule has 4 atom stereocenters. The monoisotopic (exact) mass is 198 g/mol. The van der Waals surface area contributed by atoms with Crippen molar-refractivity contribution in [2.24, 2.45) is 17.3 Å². The average molecular weight is 199 g/mol. The maximum atomic E-state index is 3.93. The number of rotatable bonds is 1. The second-order valence-electron chi connectivity index (χ2n) is 3.94. The Morgan fingerprint density at radius 3 is 2.30 bits per heavy atom. The summed E-state index contributed by atoms with van der Waals surface area (Å²) < 4.78 is 0.569. The van der Waals surface area contributed by atoms with E-state index in [0.717, 1.165) is 11.8 Å². The summed E-state index contributed by atoms with van der Waals surface area (Å²) in [5.41, 5.74) is 0.589. The predicted molar refractivity (Wildman–Crippen MR) is 45.1 cm³/mol. The summed E-state index contributed by atoms with van der Waals surface area (Å²) in [5.74, 6) is 1.94. The first-order chi connectivity index (χ1) is 4.78. The molecular formula is C9H11Br. The Kier molecular flexibility index (Phi) is 0.734. The quantitative estimate of drug-likeness (QED) is 0.450. The molecule has 54 valence electrons. The van der Waals surface area contributed by atoms with E-state index in [1.165, 1.54) is 19.3 Å². The van der Waals surface area contributed by atoms with Gasteiger partial charge in [0.1, 0.15) is 0 Å². The Bertz CT molecular complexity index is 207. The fraction of sp³-hybridized carbons (Fsp3) is 0.778. The average Bonchev–Trinajstić information content (AvgIpc) is 2.75. The van der Waals surface area contributed by atoms with Crippen LogP contribution in [0.5, 0.6) is 0 Å². The summed E-state index contributed by atoms with van der Waals surface area (Å²) in [7, 11) is 0. The highest BCUT2D eigenvalue weighted by molar-refractivity contribution is 9.10. The molecule has 0 radical (unpaired) electrons. The SMILES string of the molecule is C=CC12[C@@H]3CCC[C@H]1C32Br. The molecule has 3 fully saturated rings. The van der Waals surface area contributed by atoms with Gasteiger partial charge in [0.15, 0.2) is 0 Å². The molecule has 3 saturated carbocycles. The summed E-state index contributed by atoms with van der Waals surface area (Å²) in [6, 6.07) is 0. The van der Waals surface area contributed by atoms with Crippen molar-refractivity contribution < 1.29 is 0 Å². The first-order valence-electron chi connectivity index (χ1n) is 4.11. The molecule has 0 aliphatic heterocycles. The van der Waals surface area contributed by atoms with Gasteiger partial charge in [-0.3, -0.25) is 0 Å². The van der Waals surface area contributed by atoms with Gasteiger partial charge >= 0.3 is 0 Å². The van der Waals surface area contributed by atoms with E-state index in [-0.39, 0.29) is 0 Å². The molecule has 0 aromatic rings. The third kappa shape index (κ3) is 0.293. The Morgan fingerprint density at radius 1 is 1.40 bits per heavy atom. The molecule has 0 heterocycles. The Labute approximate surface area is 69.8 Å². The van der Waals surface area contributed by atoms with Crippen LogP contribution in [0.25, 0.3) is 0 Å². The third-order valence-electron chi connectivity index (χ3n) is 3.99. The fourth-order valence-corrected chi connectivity index (χ4v) is 5.13. The van der Waals surface area contributed by atoms with Crippen LogP contribution in [-0.2, 0) is 0 Å². The molecule has 0 aromatic carbocycles. The summed E-state index contributed by atoms with van der Waals surface area (Å²) in [6.45, 7) is 3.93.